The largest absolute Gasteiger partial charge is 0.339 e. The summed E-state index contributed by atoms with van der Waals surface area (Å²) in [5.74, 6) is -0.0450. The number of anilines is 1. The number of aromatic nitrogens is 1. The van der Waals surface area contributed by atoms with Crippen molar-refractivity contribution in [3.8, 4) is 11.3 Å². The van der Waals surface area contributed by atoms with Gasteiger partial charge in [-0.2, -0.15) is 0 Å². The number of aryl methyl sites for hydroxylation is 1. The van der Waals surface area contributed by atoms with Crippen LogP contribution in [0.2, 0.25) is 0 Å². The van der Waals surface area contributed by atoms with E-state index in [-0.39, 0.29) is 17.7 Å². The third-order valence-electron chi connectivity index (χ3n) is 5.83. The Morgan fingerprint density at radius 2 is 1.77 bits per heavy atom. The average Bonchev–Trinajstić information content (AvgIpc) is 2.84. The van der Waals surface area contributed by atoms with E-state index in [1.807, 2.05) is 59.5 Å². The van der Waals surface area contributed by atoms with Gasteiger partial charge in [0.1, 0.15) is 0 Å². The minimum absolute atomic E-state index is 0.00548. The Bertz CT molecular complexity index is 1060. The Balaban J connectivity index is 1.36. The van der Waals surface area contributed by atoms with Gasteiger partial charge in [-0.05, 0) is 49.1 Å². The van der Waals surface area contributed by atoms with Crippen molar-refractivity contribution < 1.29 is 9.59 Å². The van der Waals surface area contributed by atoms with Crippen molar-refractivity contribution in [3.63, 3.8) is 0 Å². The van der Waals surface area contributed by atoms with Gasteiger partial charge in [-0.1, -0.05) is 49.4 Å². The summed E-state index contributed by atoms with van der Waals surface area (Å²) < 4.78 is 0. The smallest absolute Gasteiger partial charge is 0.253 e. The molecule has 2 amide bonds. The van der Waals surface area contributed by atoms with Crippen LogP contribution >= 0.6 is 0 Å². The van der Waals surface area contributed by atoms with E-state index in [1.54, 1.807) is 12.3 Å². The molecule has 1 saturated heterocycles. The molecule has 0 atom stereocenters. The predicted octanol–water partition coefficient (Wildman–Crippen LogP) is 4.80. The van der Waals surface area contributed by atoms with Gasteiger partial charge in [-0.15, -0.1) is 0 Å². The molecule has 0 saturated carbocycles. The van der Waals surface area contributed by atoms with Crippen molar-refractivity contribution in [2.24, 2.45) is 5.92 Å². The third kappa shape index (κ3) is 5.00. The molecule has 31 heavy (non-hydrogen) atoms. The van der Waals surface area contributed by atoms with Crippen LogP contribution in [0.25, 0.3) is 11.3 Å². The molecule has 158 valence electrons. The predicted molar refractivity (Wildman–Crippen MR) is 123 cm³/mol. The van der Waals surface area contributed by atoms with E-state index in [0.717, 1.165) is 23.4 Å². The molecule has 1 aliphatic heterocycles. The number of piperidine rings is 1. The Labute approximate surface area is 183 Å². The monoisotopic (exact) mass is 413 g/mol. The number of nitrogens with one attached hydrogen (secondary N) is 1. The maximum Gasteiger partial charge on any atom is 0.253 e. The molecule has 1 aromatic heterocycles. The molecule has 0 radical (unpaired) electrons. The van der Waals surface area contributed by atoms with Gasteiger partial charge < -0.3 is 10.2 Å². The molecule has 2 heterocycles. The van der Waals surface area contributed by atoms with Crippen LogP contribution in [0.4, 0.5) is 5.69 Å². The molecule has 4 rings (SSSR count). The highest BCUT2D eigenvalue weighted by atomic mass is 16.2. The minimum atomic E-state index is -0.0772. The van der Waals surface area contributed by atoms with Crippen LogP contribution < -0.4 is 5.32 Å². The molecular weight excluding hydrogens is 386 g/mol. The van der Waals surface area contributed by atoms with Crippen molar-refractivity contribution in [1.29, 1.82) is 0 Å². The van der Waals surface area contributed by atoms with Crippen molar-refractivity contribution >= 4 is 17.5 Å². The number of likely N-dealkylation sites (tertiary alicyclic amines) is 1. The normalized spacial score (nSPS) is 14.3. The van der Waals surface area contributed by atoms with Gasteiger partial charge in [0.2, 0.25) is 5.91 Å². The molecule has 0 bridgehead atoms. The van der Waals surface area contributed by atoms with E-state index in [0.29, 0.717) is 31.5 Å². The lowest BCUT2D eigenvalue weighted by atomic mass is 9.95. The van der Waals surface area contributed by atoms with Crippen molar-refractivity contribution in [3.05, 3.63) is 84.1 Å². The van der Waals surface area contributed by atoms with Crippen LogP contribution in [-0.2, 0) is 11.2 Å². The number of carbonyl (C=O) groups is 2. The lowest BCUT2D eigenvalue weighted by Crippen LogP contribution is -2.41. The van der Waals surface area contributed by atoms with Gasteiger partial charge in [0.05, 0.1) is 5.69 Å². The minimum Gasteiger partial charge on any atom is -0.339 e. The first kappa shape index (κ1) is 20.8. The van der Waals surface area contributed by atoms with Crippen LogP contribution in [0.15, 0.2) is 72.9 Å². The van der Waals surface area contributed by atoms with Crippen LogP contribution in [0.3, 0.4) is 0 Å². The van der Waals surface area contributed by atoms with E-state index in [4.69, 9.17) is 0 Å². The number of pyridine rings is 1. The fourth-order valence-electron chi connectivity index (χ4n) is 3.97. The van der Waals surface area contributed by atoms with Crippen molar-refractivity contribution in [1.82, 2.24) is 9.88 Å². The topological polar surface area (TPSA) is 62.3 Å². The second-order valence-electron chi connectivity index (χ2n) is 7.91. The fourth-order valence-corrected chi connectivity index (χ4v) is 3.97. The number of nitrogens with zero attached hydrogens (tertiary/aromatic N) is 2. The van der Waals surface area contributed by atoms with Crippen LogP contribution in [-0.4, -0.2) is 34.8 Å². The van der Waals surface area contributed by atoms with E-state index in [9.17, 15) is 9.59 Å². The maximum absolute atomic E-state index is 13.0. The Morgan fingerprint density at radius 1 is 1.00 bits per heavy atom. The summed E-state index contributed by atoms with van der Waals surface area (Å²) in [5, 5.41) is 3.04. The van der Waals surface area contributed by atoms with Gasteiger partial charge in [0, 0.05) is 42.0 Å². The van der Waals surface area contributed by atoms with Crippen LogP contribution in [0.1, 0.15) is 35.7 Å². The van der Waals surface area contributed by atoms with Crippen LogP contribution in [0.5, 0.6) is 0 Å². The third-order valence-corrected chi connectivity index (χ3v) is 5.83. The number of amides is 2. The number of carbonyl (C=O) groups excluding carboxylic acids is 2. The number of benzene rings is 2. The molecule has 0 spiro atoms. The highest BCUT2D eigenvalue weighted by Gasteiger charge is 2.28. The van der Waals surface area contributed by atoms with Crippen molar-refractivity contribution in [2.45, 2.75) is 26.2 Å². The Kier molecular flexibility index (Phi) is 6.41. The molecule has 0 aliphatic carbocycles. The Hall–Kier alpha value is -3.47. The lowest BCUT2D eigenvalue weighted by molar-refractivity contribution is -0.121. The fraction of sp³-hybridized carbons (Fsp3) is 0.269. The average molecular weight is 414 g/mol. The zero-order chi connectivity index (χ0) is 21.6. The quantitative estimate of drug-likeness (QED) is 0.653. The van der Waals surface area contributed by atoms with Gasteiger partial charge in [0.15, 0.2) is 0 Å². The molecule has 1 aliphatic rings. The molecule has 1 fully saturated rings. The van der Waals surface area contributed by atoms with Gasteiger partial charge in [-0.25, -0.2) is 0 Å². The molecule has 5 nitrogen and oxygen atoms in total. The van der Waals surface area contributed by atoms with Gasteiger partial charge in [0.25, 0.3) is 5.91 Å². The molecule has 1 N–H and O–H groups in total. The number of hydrogen-bond donors (Lipinski definition) is 1. The van der Waals surface area contributed by atoms with E-state index in [1.165, 1.54) is 5.56 Å². The first-order chi connectivity index (χ1) is 15.1. The highest BCUT2D eigenvalue weighted by Crippen LogP contribution is 2.23. The summed E-state index contributed by atoms with van der Waals surface area (Å²) in [4.78, 5) is 32.0. The molecule has 3 aromatic rings. The lowest BCUT2D eigenvalue weighted by Gasteiger charge is -2.31. The maximum atomic E-state index is 13.0. The SMILES string of the molecule is CCc1cccc(NC(=O)C2CCN(C(=O)c3ccnc(-c4ccccc4)c3)CC2)c1. The summed E-state index contributed by atoms with van der Waals surface area (Å²) in [5.41, 5.74) is 4.45. The zero-order valence-corrected chi connectivity index (χ0v) is 17.8. The number of rotatable bonds is 5. The van der Waals surface area contributed by atoms with Crippen LogP contribution in [0, 0.1) is 5.92 Å². The standard InChI is InChI=1S/C26H27N3O2/c1-2-19-7-6-10-23(17-19)28-25(30)21-12-15-29(16-13-21)26(31)22-11-14-27-24(18-22)20-8-4-3-5-9-20/h3-11,14,17-18,21H,2,12-13,15-16H2,1H3,(H,28,30). The summed E-state index contributed by atoms with van der Waals surface area (Å²) in [6, 6.07) is 21.4. The van der Waals surface area contributed by atoms with E-state index in [2.05, 4.69) is 23.3 Å². The highest BCUT2D eigenvalue weighted by molar-refractivity contribution is 5.96. The van der Waals surface area contributed by atoms with Gasteiger partial charge in [-0.3, -0.25) is 14.6 Å². The number of hydrogen-bond acceptors (Lipinski definition) is 3. The van der Waals surface area contributed by atoms with E-state index < -0.39 is 0 Å². The first-order valence-electron chi connectivity index (χ1n) is 10.8. The second kappa shape index (κ2) is 9.56. The Morgan fingerprint density at radius 3 is 2.52 bits per heavy atom. The molecule has 2 aromatic carbocycles. The molecule has 0 unspecified atom stereocenters. The summed E-state index contributed by atoms with van der Waals surface area (Å²) in [6.45, 7) is 3.25. The van der Waals surface area contributed by atoms with Crippen molar-refractivity contribution in [2.75, 3.05) is 18.4 Å². The molecular formula is C26H27N3O2. The van der Waals surface area contributed by atoms with Gasteiger partial charge >= 0.3 is 0 Å². The first-order valence-corrected chi connectivity index (χ1v) is 10.8. The second-order valence-corrected chi connectivity index (χ2v) is 7.91. The molecule has 5 heteroatoms. The zero-order valence-electron chi connectivity index (χ0n) is 17.8. The summed E-state index contributed by atoms with van der Waals surface area (Å²) in [7, 11) is 0. The summed E-state index contributed by atoms with van der Waals surface area (Å²) >= 11 is 0. The summed E-state index contributed by atoms with van der Waals surface area (Å²) in [6.07, 6.45) is 3.95. The van der Waals surface area contributed by atoms with E-state index >= 15 is 0 Å².